The highest BCUT2D eigenvalue weighted by Gasteiger charge is 2.59. The fourth-order valence-corrected chi connectivity index (χ4v) is 8.87. The molecule has 17 heteroatoms. The lowest BCUT2D eigenvalue weighted by molar-refractivity contribution is -0.348. The maximum atomic E-state index is 13.5. The minimum Gasteiger partial charge on any atom is -0.466 e. The van der Waals surface area contributed by atoms with Crippen molar-refractivity contribution < 1.29 is 82.3 Å². The van der Waals surface area contributed by atoms with E-state index in [4.69, 9.17) is 37.9 Å². The van der Waals surface area contributed by atoms with Gasteiger partial charge < -0.3 is 58.3 Å². The number of ether oxygens (including phenoxy) is 8. The Kier molecular flexibility index (Phi) is 18.5. The molecule has 4 N–H and O–H groups in total. The number of carbonyl (C=O) groups excluding carboxylic acids is 5. The maximum absolute atomic E-state index is 13.5. The predicted molar refractivity (Wildman–Crippen MR) is 224 cm³/mol. The van der Waals surface area contributed by atoms with E-state index in [1.165, 1.54) is 27.2 Å². The number of hydrogen-bond acceptors (Lipinski definition) is 17. The van der Waals surface area contributed by atoms with Gasteiger partial charge in [0, 0.05) is 56.6 Å². The van der Waals surface area contributed by atoms with Crippen LogP contribution >= 0.6 is 0 Å². The Bertz CT molecular complexity index is 1700. The standard InChI is InChI=1S/C46H70O17/c1-9-10-11-12-13-14-38(50)61-42-30(21-40(52)57-8)20-33-24-36(27-47)60-41(53)23-31(49)22-34-25-37(58-28(2)48)44(5,6)45(54,62-34)26-35-18-29(19-39(51)56-7)17-32(59-35)15-16-43(3,4)46(42,55)63-33/h15-16,19,21,31-37,42,47,49,54-55H,9-14,17-18,20,22-27H2,1-8H3/b16-15+,29-19+,30-21+/t31-,32+,33+,34-,35+,36-,37+,42+,45?,46-/m1/s1. The summed E-state index contributed by atoms with van der Waals surface area (Å²) in [6.45, 7) is 9.29. The van der Waals surface area contributed by atoms with Crippen LogP contribution in [0.1, 0.15) is 131 Å². The summed E-state index contributed by atoms with van der Waals surface area (Å²) < 4.78 is 46.7. The largest absolute Gasteiger partial charge is 0.466 e. The van der Waals surface area contributed by atoms with Gasteiger partial charge in [-0.1, -0.05) is 78.0 Å². The first-order valence-corrected chi connectivity index (χ1v) is 22.1. The summed E-state index contributed by atoms with van der Waals surface area (Å²) in [6.07, 6.45) is 0.818. The van der Waals surface area contributed by atoms with Gasteiger partial charge in [0.25, 0.3) is 0 Å². The van der Waals surface area contributed by atoms with Gasteiger partial charge in [0.1, 0.15) is 12.2 Å². The van der Waals surface area contributed by atoms with Crippen molar-refractivity contribution in [2.24, 2.45) is 10.8 Å². The van der Waals surface area contributed by atoms with Gasteiger partial charge in [-0.2, -0.15) is 0 Å². The minimum absolute atomic E-state index is 0.0394. The quantitative estimate of drug-likeness (QED) is 0.0742. The molecule has 0 radical (unpaired) electrons. The third kappa shape index (κ3) is 13.7. The molecule has 3 fully saturated rings. The second-order valence-electron chi connectivity index (χ2n) is 18.4. The molecule has 4 aliphatic rings. The van der Waals surface area contributed by atoms with Crippen LogP contribution in [-0.2, 0) is 61.9 Å². The van der Waals surface area contributed by atoms with E-state index in [9.17, 15) is 44.4 Å². The van der Waals surface area contributed by atoms with Crippen molar-refractivity contribution in [1.82, 2.24) is 0 Å². The molecule has 17 nitrogen and oxygen atoms in total. The topological polar surface area (TPSA) is 240 Å². The number of cyclic esters (lactones) is 1. The van der Waals surface area contributed by atoms with Crippen LogP contribution in [0, 0.1) is 10.8 Å². The molecule has 0 aromatic carbocycles. The number of aliphatic hydroxyl groups is 4. The first kappa shape index (κ1) is 51.9. The lowest BCUT2D eigenvalue weighted by Crippen LogP contribution is -2.62. The summed E-state index contributed by atoms with van der Waals surface area (Å²) in [5.74, 6) is -7.94. The SMILES string of the molecule is CCCCCCCC(=O)O[C@H]1/C(=C/C(=O)OC)C[C@H]2C[C@H](CO)OC(=O)C[C@H](O)C[C@@H]3C[C@H](OC(C)=O)C(C)(C)C(O)(C[C@@H]4C/C(=C/C(=O)OC)C[C@H](/C=C/C(C)(C)[C@]1(O)O2)O4)O3. The van der Waals surface area contributed by atoms with Gasteiger partial charge >= 0.3 is 29.8 Å². The van der Waals surface area contributed by atoms with Gasteiger partial charge in [-0.05, 0) is 31.3 Å². The van der Waals surface area contributed by atoms with Crippen molar-refractivity contribution >= 4 is 29.8 Å². The molecule has 4 aliphatic heterocycles. The normalized spacial score (nSPS) is 35.4. The number of hydrogen-bond donors (Lipinski definition) is 4. The molecule has 0 aromatic rings. The van der Waals surface area contributed by atoms with Crippen LogP contribution in [0.15, 0.2) is 35.5 Å². The third-order valence-electron chi connectivity index (χ3n) is 12.7. The maximum Gasteiger partial charge on any atom is 0.330 e. The lowest BCUT2D eigenvalue weighted by Gasteiger charge is -2.53. The Morgan fingerprint density at radius 3 is 2.17 bits per heavy atom. The highest BCUT2D eigenvalue weighted by atomic mass is 16.7. The van der Waals surface area contributed by atoms with Gasteiger partial charge in [0.2, 0.25) is 5.79 Å². The molecule has 0 aliphatic carbocycles. The average molecular weight is 895 g/mol. The number of aliphatic hydroxyl groups excluding tert-OH is 2. The van der Waals surface area contributed by atoms with Crippen LogP contribution in [0.3, 0.4) is 0 Å². The van der Waals surface area contributed by atoms with E-state index in [-0.39, 0.29) is 56.9 Å². The summed E-state index contributed by atoms with van der Waals surface area (Å²) in [4.78, 5) is 64.5. The number of fused-ring (bicyclic) bond motifs is 6. The predicted octanol–water partition coefficient (Wildman–Crippen LogP) is 4.34. The van der Waals surface area contributed by atoms with E-state index in [1.807, 2.05) is 0 Å². The molecule has 4 heterocycles. The molecular weight excluding hydrogens is 824 g/mol. The van der Waals surface area contributed by atoms with Crippen molar-refractivity contribution in [2.45, 2.75) is 192 Å². The number of methoxy groups -OCH3 is 2. The number of esters is 5. The van der Waals surface area contributed by atoms with Crippen LogP contribution in [0.5, 0.6) is 0 Å². The Morgan fingerprint density at radius 1 is 0.841 bits per heavy atom. The van der Waals surface area contributed by atoms with E-state index in [1.54, 1.807) is 39.8 Å². The molecular formula is C46H70O17. The second-order valence-corrected chi connectivity index (χ2v) is 18.4. The fourth-order valence-electron chi connectivity index (χ4n) is 8.87. The molecule has 3 saturated heterocycles. The van der Waals surface area contributed by atoms with Crippen molar-refractivity contribution in [2.75, 3.05) is 20.8 Å². The number of unbranched alkanes of at least 4 members (excludes halogenated alkanes) is 4. The molecule has 0 saturated carbocycles. The van der Waals surface area contributed by atoms with Crippen LogP contribution in [0.25, 0.3) is 0 Å². The Labute approximate surface area is 370 Å². The molecule has 0 spiro atoms. The molecule has 4 rings (SSSR count). The highest BCUT2D eigenvalue weighted by Crippen LogP contribution is 2.50. The molecule has 356 valence electrons. The van der Waals surface area contributed by atoms with E-state index in [0.29, 0.717) is 12.0 Å². The van der Waals surface area contributed by atoms with E-state index in [2.05, 4.69) is 6.92 Å². The minimum atomic E-state index is -2.40. The number of rotatable bonds is 11. The fraction of sp³-hybridized carbons (Fsp3) is 0.761. The summed E-state index contributed by atoms with van der Waals surface area (Å²) >= 11 is 0. The molecule has 1 unspecified atom stereocenters. The zero-order chi connectivity index (χ0) is 46.8. The van der Waals surface area contributed by atoms with Gasteiger partial charge in [0.15, 0.2) is 11.9 Å². The smallest absolute Gasteiger partial charge is 0.330 e. The Hall–Kier alpha value is -3.71. The molecule has 10 atom stereocenters. The first-order chi connectivity index (χ1) is 29.6. The zero-order valence-corrected chi connectivity index (χ0v) is 38.1. The lowest BCUT2D eigenvalue weighted by atomic mass is 9.70. The van der Waals surface area contributed by atoms with E-state index in [0.717, 1.165) is 31.8 Å². The molecule has 6 bridgehead atoms. The zero-order valence-electron chi connectivity index (χ0n) is 38.1. The van der Waals surface area contributed by atoms with Crippen molar-refractivity contribution in [3.63, 3.8) is 0 Å². The monoisotopic (exact) mass is 894 g/mol. The van der Waals surface area contributed by atoms with Gasteiger partial charge in [0.05, 0.1) is 63.2 Å². The molecule has 0 amide bonds. The number of carbonyl (C=O) groups is 5. The van der Waals surface area contributed by atoms with Gasteiger partial charge in [-0.25, -0.2) is 9.59 Å². The summed E-state index contributed by atoms with van der Waals surface area (Å²) in [7, 11) is 2.43. The van der Waals surface area contributed by atoms with Gasteiger partial charge in [-0.15, -0.1) is 0 Å². The van der Waals surface area contributed by atoms with Crippen molar-refractivity contribution in [3.8, 4) is 0 Å². The van der Waals surface area contributed by atoms with Crippen LogP contribution in [0.4, 0.5) is 0 Å². The van der Waals surface area contributed by atoms with E-state index < -0.39 is 114 Å². The van der Waals surface area contributed by atoms with Crippen LogP contribution < -0.4 is 0 Å². The average Bonchev–Trinajstić information content (AvgIpc) is 3.19. The summed E-state index contributed by atoms with van der Waals surface area (Å²) in [6, 6.07) is 0. The highest BCUT2D eigenvalue weighted by molar-refractivity contribution is 5.83. The van der Waals surface area contributed by atoms with Gasteiger partial charge in [-0.3, -0.25) is 14.4 Å². The van der Waals surface area contributed by atoms with Crippen molar-refractivity contribution in [1.29, 1.82) is 0 Å². The van der Waals surface area contributed by atoms with Crippen molar-refractivity contribution in [3.05, 3.63) is 35.5 Å². The van der Waals surface area contributed by atoms with E-state index >= 15 is 0 Å². The molecule has 63 heavy (non-hydrogen) atoms. The first-order valence-electron chi connectivity index (χ1n) is 22.1. The summed E-state index contributed by atoms with van der Waals surface area (Å²) in [5, 5.41) is 47.0. The van der Waals surface area contributed by atoms with Crippen LogP contribution in [-0.4, -0.2) is 132 Å². The third-order valence-corrected chi connectivity index (χ3v) is 12.7. The van der Waals surface area contributed by atoms with Crippen LogP contribution in [0.2, 0.25) is 0 Å². The molecule has 0 aromatic heterocycles. The Morgan fingerprint density at radius 2 is 1.52 bits per heavy atom. The second kappa shape index (κ2) is 22.5. The Balaban J connectivity index is 1.84. The summed E-state index contributed by atoms with van der Waals surface area (Å²) in [5.41, 5.74) is -1.93.